The summed E-state index contributed by atoms with van der Waals surface area (Å²) in [6.45, 7) is 9.25. The van der Waals surface area contributed by atoms with Gasteiger partial charge in [-0.05, 0) is 49.6 Å². The van der Waals surface area contributed by atoms with Crippen molar-refractivity contribution in [3.8, 4) is 0 Å². The van der Waals surface area contributed by atoms with Crippen molar-refractivity contribution in [2.45, 2.75) is 33.7 Å². The van der Waals surface area contributed by atoms with E-state index >= 15 is 0 Å². The van der Waals surface area contributed by atoms with E-state index in [1.54, 1.807) is 0 Å². The minimum atomic E-state index is 0.0601. The predicted molar refractivity (Wildman–Crippen MR) is 78.2 cm³/mol. The van der Waals surface area contributed by atoms with Crippen LogP contribution in [-0.4, -0.2) is 16.5 Å². The average Bonchev–Trinajstić information content (AvgIpc) is 2.41. The molecule has 0 saturated heterocycles. The van der Waals surface area contributed by atoms with Gasteiger partial charge in [0.15, 0.2) is 0 Å². The number of hydrogen-bond donors (Lipinski definition) is 1. The minimum Gasteiger partial charge on any atom is -0.304 e. The predicted octanol–water partition coefficient (Wildman–Crippen LogP) is 3.10. The fourth-order valence-corrected chi connectivity index (χ4v) is 2.06. The second kappa shape index (κ2) is 5.93. The summed E-state index contributed by atoms with van der Waals surface area (Å²) in [7, 11) is 0. The van der Waals surface area contributed by atoms with Gasteiger partial charge < -0.3 is 5.32 Å². The van der Waals surface area contributed by atoms with Crippen molar-refractivity contribution in [2.24, 2.45) is 0 Å². The lowest BCUT2D eigenvalue weighted by atomic mass is 10.0. The molecule has 1 N–H and O–H groups in total. The topological polar surface area (TPSA) is 37.8 Å². The summed E-state index contributed by atoms with van der Waals surface area (Å²) in [5.74, 6) is 0.829. The van der Waals surface area contributed by atoms with E-state index in [9.17, 15) is 0 Å². The fourth-order valence-electron chi connectivity index (χ4n) is 2.06. The molecule has 0 fully saturated rings. The van der Waals surface area contributed by atoms with Crippen LogP contribution in [0.4, 0.5) is 0 Å². The summed E-state index contributed by atoms with van der Waals surface area (Å²) >= 11 is 0. The van der Waals surface area contributed by atoms with Crippen LogP contribution in [0.25, 0.3) is 0 Å². The Labute approximate surface area is 115 Å². The van der Waals surface area contributed by atoms with Crippen LogP contribution in [0.3, 0.4) is 0 Å². The van der Waals surface area contributed by atoms with Crippen molar-refractivity contribution >= 4 is 0 Å². The number of nitrogens with zero attached hydrogens (tertiary/aromatic N) is 2. The fraction of sp³-hybridized carbons (Fsp3) is 0.375. The third-order valence-electron chi connectivity index (χ3n) is 3.33. The van der Waals surface area contributed by atoms with Crippen LogP contribution in [0, 0.1) is 20.8 Å². The zero-order valence-electron chi connectivity index (χ0n) is 12.1. The van der Waals surface area contributed by atoms with Crippen LogP contribution in [0.1, 0.15) is 41.0 Å². The standard InChI is InChI=1S/C16H21N3/c1-5-17-15(16-18-9-11(2)10-19-16)14-7-6-12(3)13(4)8-14/h6-10,15,17H,5H2,1-4H3. The summed E-state index contributed by atoms with van der Waals surface area (Å²) in [5, 5.41) is 3.46. The summed E-state index contributed by atoms with van der Waals surface area (Å²) < 4.78 is 0. The Morgan fingerprint density at radius 2 is 1.74 bits per heavy atom. The molecule has 100 valence electrons. The Bertz CT molecular complexity index is 546. The van der Waals surface area contributed by atoms with Crippen LogP contribution >= 0.6 is 0 Å². The van der Waals surface area contributed by atoms with Gasteiger partial charge in [-0.25, -0.2) is 9.97 Å². The number of aryl methyl sites for hydroxylation is 3. The molecule has 19 heavy (non-hydrogen) atoms. The van der Waals surface area contributed by atoms with Crippen molar-refractivity contribution in [3.63, 3.8) is 0 Å². The summed E-state index contributed by atoms with van der Waals surface area (Å²) in [6.07, 6.45) is 3.74. The van der Waals surface area contributed by atoms with Gasteiger partial charge in [-0.2, -0.15) is 0 Å². The SMILES string of the molecule is CCNC(c1ccc(C)c(C)c1)c1ncc(C)cn1. The molecule has 1 heterocycles. The highest BCUT2D eigenvalue weighted by atomic mass is 15.0. The van der Waals surface area contributed by atoms with Crippen LogP contribution in [-0.2, 0) is 0 Å². The first-order valence-electron chi connectivity index (χ1n) is 6.71. The number of rotatable bonds is 4. The number of aromatic nitrogens is 2. The molecule has 0 spiro atoms. The molecule has 0 saturated carbocycles. The van der Waals surface area contributed by atoms with Gasteiger partial charge in [-0.1, -0.05) is 25.1 Å². The first-order valence-corrected chi connectivity index (χ1v) is 6.71. The smallest absolute Gasteiger partial charge is 0.149 e. The second-order valence-corrected chi connectivity index (χ2v) is 4.95. The second-order valence-electron chi connectivity index (χ2n) is 4.95. The molecular formula is C16H21N3. The van der Waals surface area contributed by atoms with E-state index in [-0.39, 0.29) is 6.04 Å². The highest BCUT2D eigenvalue weighted by Gasteiger charge is 2.16. The van der Waals surface area contributed by atoms with Crippen LogP contribution in [0.5, 0.6) is 0 Å². The zero-order chi connectivity index (χ0) is 13.8. The first-order chi connectivity index (χ1) is 9.11. The molecule has 3 heteroatoms. The van der Waals surface area contributed by atoms with E-state index in [1.165, 1.54) is 16.7 Å². The molecule has 2 aromatic rings. The highest BCUT2D eigenvalue weighted by molar-refractivity contribution is 5.34. The Balaban J connectivity index is 2.38. The van der Waals surface area contributed by atoms with Crippen LogP contribution in [0.2, 0.25) is 0 Å². The van der Waals surface area contributed by atoms with Crippen molar-refractivity contribution in [1.82, 2.24) is 15.3 Å². The van der Waals surface area contributed by atoms with Crippen molar-refractivity contribution in [2.75, 3.05) is 6.54 Å². The molecule has 0 amide bonds. The first kappa shape index (κ1) is 13.7. The van der Waals surface area contributed by atoms with Gasteiger partial charge in [0.1, 0.15) is 5.82 Å². The summed E-state index contributed by atoms with van der Waals surface area (Å²) in [6, 6.07) is 6.58. The van der Waals surface area contributed by atoms with Gasteiger partial charge in [-0.15, -0.1) is 0 Å². The molecule has 2 rings (SSSR count). The maximum Gasteiger partial charge on any atom is 0.149 e. The molecule has 0 aliphatic heterocycles. The van der Waals surface area contributed by atoms with E-state index < -0.39 is 0 Å². The minimum absolute atomic E-state index is 0.0601. The molecular weight excluding hydrogens is 234 g/mol. The van der Waals surface area contributed by atoms with E-state index in [2.05, 4.69) is 54.3 Å². The van der Waals surface area contributed by atoms with E-state index in [4.69, 9.17) is 0 Å². The summed E-state index contributed by atoms with van der Waals surface area (Å²) in [5.41, 5.74) is 4.91. The summed E-state index contributed by atoms with van der Waals surface area (Å²) in [4.78, 5) is 8.90. The van der Waals surface area contributed by atoms with Crippen molar-refractivity contribution < 1.29 is 0 Å². The molecule has 1 aromatic heterocycles. The molecule has 1 aromatic carbocycles. The molecule has 0 radical (unpaired) electrons. The Hall–Kier alpha value is -1.74. The van der Waals surface area contributed by atoms with Crippen molar-refractivity contribution in [1.29, 1.82) is 0 Å². The van der Waals surface area contributed by atoms with Gasteiger partial charge in [0, 0.05) is 12.4 Å². The van der Waals surface area contributed by atoms with Gasteiger partial charge in [0.05, 0.1) is 6.04 Å². The quantitative estimate of drug-likeness (QED) is 0.912. The largest absolute Gasteiger partial charge is 0.304 e. The molecule has 0 aliphatic carbocycles. The van der Waals surface area contributed by atoms with E-state index in [1.807, 2.05) is 19.3 Å². The Kier molecular flexibility index (Phi) is 4.27. The molecule has 1 unspecified atom stereocenters. The number of nitrogens with one attached hydrogen (secondary N) is 1. The van der Waals surface area contributed by atoms with Crippen LogP contribution in [0.15, 0.2) is 30.6 Å². The zero-order valence-corrected chi connectivity index (χ0v) is 12.1. The molecule has 0 aliphatic rings. The highest BCUT2D eigenvalue weighted by Crippen LogP contribution is 2.21. The average molecular weight is 255 g/mol. The monoisotopic (exact) mass is 255 g/mol. The molecule has 1 atom stereocenters. The van der Waals surface area contributed by atoms with E-state index in [0.717, 1.165) is 17.9 Å². The molecule has 3 nitrogen and oxygen atoms in total. The van der Waals surface area contributed by atoms with Gasteiger partial charge >= 0.3 is 0 Å². The van der Waals surface area contributed by atoms with Gasteiger partial charge in [0.2, 0.25) is 0 Å². The maximum atomic E-state index is 4.45. The molecule has 0 bridgehead atoms. The maximum absolute atomic E-state index is 4.45. The lowest BCUT2D eigenvalue weighted by Crippen LogP contribution is -2.24. The third-order valence-corrected chi connectivity index (χ3v) is 3.33. The van der Waals surface area contributed by atoms with E-state index in [0.29, 0.717) is 0 Å². The number of hydrogen-bond acceptors (Lipinski definition) is 3. The Morgan fingerprint density at radius 1 is 1.05 bits per heavy atom. The third kappa shape index (κ3) is 3.18. The lowest BCUT2D eigenvalue weighted by Gasteiger charge is -2.18. The van der Waals surface area contributed by atoms with Crippen molar-refractivity contribution in [3.05, 3.63) is 58.7 Å². The van der Waals surface area contributed by atoms with Gasteiger partial charge in [-0.3, -0.25) is 0 Å². The van der Waals surface area contributed by atoms with Crippen LogP contribution < -0.4 is 5.32 Å². The van der Waals surface area contributed by atoms with Gasteiger partial charge in [0.25, 0.3) is 0 Å². The number of benzene rings is 1. The Morgan fingerprint density at radius 3 is 2.32 bits per heavy atom. The normalized spacial score (nSPS) is 12.4. The lowest BCUT2D eigenvalue weighted by molar-refractivity contribution is 0.596.